The van der Waals surface area contributed by atoms with E-state index in [0.717, 1.165) is 30.9 Å². The van der Waals surface area contributed by atoms with E-state index < -0.39 is 31.3 Å². The smallest absolute Gasteiger partial charge is 0.338 e. The van der Waals surface area contributed by atoms with Gasteiger partial charge in [0.15, 0.2) is 9.84 Å². The summed E-state index contributed by atoms with van der Waals surface area (Å²) in [5.41, 5.74) is -0.802. The maximum absolute atomic E-state index is 11.9. The minimum absolute atomic E-state index is 0.000748. The molecule has 1 fully saturated rings. The van der Waals surface area contributed by atoms with Crippen LogP contribution in [0.2, 0.25) is 0 Å². The van der Waals surface area contributed by atoms with Crippen LogP contribution in [0.25, 0.3) is 0 Å². The van der Waals surface area contributed by atoms with Crippen molar-refractivity contribution in [1.29, 1.82) is 0 Å². The molecule has 130 valence electrons. The number of benzene rings is 1. The van der Waals surface area contributed by atoms with Crippen molar-refractivity contribution in [3.63, 3.8) is 0 Å². The average molecular weight is 356 g/mol. The number of carbonyl (C=O) groups excluding carboxylic acids is 2. The quantitative estimate of drug-likeness (QED) is 0.419. The van der Waals surface area contributed by atoms with E-state index in [9.17, 15) is 28.1 Å². The van der Waals surface area contributed by atoms with E-state index in [2.05, 4.69) is 0 Å². The molecule has 1 amide bonds. The molecule has 0 atom stereocenters. The number of nitro groups is 1. The van der Waals surface area contributed by atoms with E-state index in [-0.39, 0.29) is 24.6 Å². The van der Waals surface area contributed by atoms with Gasteiger partial charge in [-0.05, 0) is 18.6 Å². The summed E-state index contributed by atoms with van der Waals surface area (Å²) in [5.74, 6) is -0.816. The lowest BCUT2D eigenvalue weighted by Crippen LogP contribution is -2.29. The molecule has 0 N–H and O–H groups in total. The fraction of sp³-hybridized carbons (Fsp3) is 0.429. The minimum atomic E-state index is -3.79. The molecule has 1 heterocycles. The number of rotatable bonds is 6. The van der Waals surface area contributed by atoms with Crippen molar-refractivity contribution in [3.05, 3.63) is 33.9 Å². The van der Waals surface area contributed by atoms with Gasteiger partial charge in [0.1, 0.15) is 11.5 Å². The molecule has 1 saturated heterocycles. The van der Waals surface area contributed by atoms with Crippen molar-refractivity contribution in [3.8, 4) is 0 Å². The van der Waals surface area contributed by atoms with Crippen molar-refractivity contribution in [2.24, 2.45) is 0 Å². The van der Waals surface area contributed by atoms with Crippen LogP contribution in [0.4, 0.5) is 5.69 Å². The Morgan fingerprint density at radius 2 is 2.12 bits per heavy atom. The van der Waals surface area contributed by atoms with E-state index in [1.807, 2.05) is 0 Å². The Balaban J connectivity index is 2.08. The molecular formula is C14H16N2O7S. The SMILES string of the molecule is CS(=O)(=O)c1ccc(C(=O)OCCN2CCCC2=O)cc1[N+](=O)[O-]. The molecule has 0 radical (unpaired) electrons. The Kier molecular flexibility index (Phi) is 5.17. The number of hydrogen-bond acceptors (Lipinski definition) is 7. The summed E-state index contributed by atoms with van der Waals surface area (Å²) in [6.07, 6.45) is 2.10. The van der Waals surface area contributed by atoms with E-state index in [1.165, 1.54) is 0 Å². The molecule has 24 heavy (non-hydrogen) atoms. The lowest BCUT2D eigenvalue weighted by molar-refractivity contribution is -0.387. The van der Waals surface area contributed by atoms with Crippen LogP contribution in [0.5, 0.6) is 0 Å². The maximum Gasteiger partial charge on any atom is 0.338 e. The second-order valence-electron chi connectivity index (χ2n) is 5.33. The van der Waals surface area contributed by atoms with Crippen LogP contribution in [0.15, 0.2) is 23.1 Å². The van der Waals surface area contributed by atoms with Crippen LogP contribution in [0, 0.1) is 10.1 Å². The summed E-state index contributed by atoms with van der Waals surface area (Å²) < 4.78 is 28.1. The molecule has 0 saturated carbocycles. The third-order valence-corrected chi connectivity index (χ3v) is 4.70. The molecule has 1 aromatic carbocycles. The number of ether oxygens (including phenoxy) is 1. The molecular weight excluding hydrogens is 340 g/mol. The maximum atomic E-state index is 11.9. The Morgan fingerprint density at radius 1 is 1.42 bits per heavy atom. The Hall–Kier alpha value is -2.49. The zero-order valence-corrected chi connectivity index (χ0v) is 13.7. The number of amides is 1. The summed E-state index contributed by atoms with van der Waals surface area (Å²) in [6.45, 7) is 0.838. The number of nitrogens with zero attached hydrogens (tertiary/aromatic N) is 2. The molecule has 9 nitrogen and oxygen atoms in total. The first kappa shape index (κ1) is 17.9. The molecule has 10 heteroatoms. The zero-order valence-electron chi connectivity index (χ0n) is 12.9. The van der Waals surface area contributed by atoms with Crippen molar-refractivity contribution in [1.82, 2.24) is 4.90 Å². The van der Waals surface area contributed by atoms with Crippen LogP contribution < -0.4 is 0 Å². The third-order valence-electron chi connectivity index (χ3n) is 3.56. The van der Waals surface area contributed by atoms with Gasteiger partial charge in [-0.1, -0.05) is 0 Å². The summed E-state index contributed by atoms with van der Waals surface area (Å²) in [5, 5.41) is 11.0. The van der Waals surface area contributed by atoms with E-state index >= 15 is 0 Å². The zero-order chi connectivity index (χ0) is 17.9. The van der Waals surface area contributed by atoms with Crippen LogP contribution >= 0.6 is 0 Å². The van der Waals surface area contributed by atoms with Crippen LogP contribution in [-0.4, -0.2) is 56.1 Å². The van der Waals surface area contributed by atoms with Crippen molar-refractivity contribution < 1.29 is 27.7 Å². The highest BCUT2D eigenvalue weighted by Crippen LogP contribution is 2.25. The van der Waals surface area contributed by atoms with Gasteiger partial charge in [0.05, 0.1) is 17.0 Å². The first-order chi connectivity index (χ1) is 11.2. The third kappa shape index (κ3) is 4.07. The fourth-order valence-corrected chi connectivity index (χ4v) is 3.20. The van der Waals surface area contributed by atoms with Gasteiger partial charge in [-0.2, -0.15) is 0 Å². The minimum Gasteiger partial charge on any atom is -0.460 e. The lowest BCUT2D eigenvalue weighted by atomic mass is 10.2. The largest absolute Gasteiger partial charge is 0.460 e. The standard InChI is InChI=1S/C14H16N2O7S/c1-24(21,22)12-5-4-10(9-11(12)16(19)20)14(18)23-8-7-15-6-2-3-13(15)17/h4-5,9H,2-3,6-8H2,1H3. The number of carbonyl (C=O) groups is 2. The topological polar surface area (TPSA) is 124 Å². The molecule has 1 aromatic rings. The molecule has 2 rings (SSSR count). The molecule has 0 spiro atoms. The number of likely N-dealkylation sites (tertiary alicyclic amines) is 1. The first-order valence-corrected chi connectivity index (χ1v) is 9.02. The van der Waals surface area contributed by atoms with Gasteiger partial charge >= 0.3 is 5.97 Å². The van der Waals surface area contributed by atoms with Crippen LogP contribution in [0.3, 0.4) is 0 Å². The summed E-state index contributed by atoms with van der Waals surface area (Å²) in [7, 11) is -3.79. The highest BCUT2D eigenvalue weighted by molar-refractivity contribution is 7.90. The van der Waals surface area contributed by atoms with Gasteiger partial charge in [-0.3, -0.25) is 14.9 Å². The molecule has 1 aliphatic rings. The molecule has 1 aliphatic heterocycles. The molecule has 0 aromatic heterocycles. The molecule has 0 aliphatic carbocycles. The second kappa shape index (κ2) is 6.95. The Bertz CT molecular complexity index is 788. The second-order valence-corrected chi connectivity index (χ2v) is 7.32. The fourth-order valence-electron chi connectivity index (χ4n) is 2.37. The van der Waals surface area contributed by atoms with Gasteiger partial charge in [0.2, 0.25) is 5.91 Å². The summed E-state index contributed by atoms with van der Waals surface area (Å²) >= 11 is 0. The first-order valence-electron chi connectivity index (χ1n) is 7.13. The number of esters is 1. The van der Waals surface area contributed by atoms with Crippen molar-refractivity contribution in [2.45, 2.75) is 17.7 Å². The Labute approximate surface area is 138 Å². The van der Waals surface area contributed by atoms with Crippen molar-refractivity contribution >= 4 is 27.4 Å². The van der Waals surface area contributed by atoms with Crippen LogP contribution in [0.1, 0.15) is 23.2 Å². The van der Waals surface area contributed by atoms with Gasteiger partial charge < -0.3 is 9.64 Å². The normalized spacial score (nSPS) is 14.7. The Morgan fingerprint density at radius 3 is 2.67 bits per heavy atom. The average Bonchev–Trinajstić information content (AvgIpc) is 2.91. The van der Waals surface area contributed by atoms with E-state index in [4.69, 9.17) is 4.74 Å². The van der Waals surface area contributed by atoms with Gasteiger partial charge in [0, 0.05) is 25.3 Å². The predicted octanol–water partition coefficient (Wildman–Crippen LogP) is 0.777. The van der Waals surface area contributed by atoms with E-state index in [0.29, 0.717) is 13.0 Å². The van der Waals surface area contributed by atoms with E-state index in [1.54, 1.807) is 4.90 Å². The molecule has 0 bridgehead atoms. The lowest BCUT2D eigenvalue weighted by Gasteiger charge is -2.15. The number of hydrogen-bond donors (Lipinski definition) is 0. The van der Waals surface area contributed by atoms with Gasteiger partial charge in [0.25, 0.3) is 5.69 Å². The summed E-state index contributed by atoms with van der Waals surface area (Å²) in [4.78, 5) is 34.6. The number of sulfone groups is 1. The predicted molar refractivity (Wildman–Crippen MR) is 82.3 cm³/mol. The highest BCUT2D eigenvalue weighted by Gasteiger charge is 2.25. The van der Waals surface area contributed by atoms with Gasteiger partial charge in [-0.25, -0.2) is 13.2 Å². The summed E-state index contributed by atoms with van der Waals surface area (Å²) in [6, 6.07) is 3.04. The number of nitro benzene ring substituents is 1. The highest BCUT2D eigenvalue weighted by atomic mass is 32.2. The molecule has 0 unspecified atom stereocenters. The van der Waals surface area contributed by atoms with Crippen molar-refractivity contribution in [2.75, 3.05) is 26.0 Å². The van der Waals surface area contributed by atoms with Gasteiger partial charge in [-0.15, -0.1) is 0 Å². The van der Waals surface area contributed by atoms with Crippen LogP contribution in [-0.2, 0) is 19.4 Å². The monoisotopic (exact) mass is 356 g/mol.